The number of nitrogen functional groups attached to an aromatic ring is 1. The third-order valence-electron chi connectivity index (χ3n) is 8.71. The molecule has 2 saturated heterocycles. The van der Waals surface area contributed by atoms with Gasteiger partial charge in [0.2, 0.25) is 11.8 Å². The summed E-state index contributed by atoms with van der Waals surface area (Å²) in [5.41, 5.74) is 11.0. The average Bonchev–Trinajstić information content (AvgIpc) is 3.10. The van der Waals surface area contributed by atoms with Crippen molar-refractivity contribution in [3.63, 3.8) is 0 Å². The van der Waals surface area contributed by atoms with Crippen LogP contribution < -0.4 is 16.4 Å². The van der Waals surface area contributed by atoms with Gasteiger partial charge in [0.05, 0.1) is 43.4 Å². The summed E-state index contributed by atoms with van der Waals surface area (Å²) >= 11 is 0. The van der Waals surface area contributed by atoms with Crippen molar-refractivity contribution < 1.29 is 28.9 Å². The van der Waals surface area contributed by atoms with E-state index in [4.69, 9.17) is 19.9 Å². The van der Waals surface area contributed by atoms with E-state index in [2.05, 4.69) is 15.5 Å². The Kier molecular flexibility index (Phi) is 13.2. The number of nitrogens with one attached hydrogen (secondary N) is 2. The number of ether oxygens (including phenoxy) is 3. The fourth-order valence-electron chi connectivity index (χ4n) is 5.93. The molecule has 0 aliphatic carbocycles. The number of morpholine rings is 1. The van der Waals surface area contributed by atoms with Gasteiger partial charge < -0.3 is 35.7 Å². The third-order valence-corrected chi connectivity index (χ3v) is 8.71. The van der Waals surface area contributed by atoms with E-state index in [1.54, 1.807) is 12.1 Å². The van der Waals surface area contributed by atoms with Gasteiger partial charge in [-0.15, -0.1) is 0 Å². The van der Waals surface area contributed by atoms with Crippen molar-refractivity contribution >= 4 is 23.2 Å². The van der Waals surface area contributed by atoms with Crippen LogP contribution in [0, 0.1) is 0 Å². The maximum atomic E-state index is 12.5. The van der Waals surface area contributed by atoms with Crippen LogP contribution in [0.15, 0.2) is 72.8 Å². The van der Waals surface area contributed by atoms with Crippen LogP contribution in [0.3, 0.4) is 0 Å². The van der Waals surface area contributed by atoms with E-state index in [-0.39, 0.29) is 30.6 Å². The van der Waals surface area contributed by atoms with E-state index in [1.807, 2.05) is 60.7 Å². The van der Waals surface area contributed by atoms with Crippen molar-refractivity contribution in [2.75, 3.05) is 43.9 Å². The molecule has 0 radical (unpaired) electrons. The van der Waals surface area contributed by atoms with Gasteiger partial charge in [-0.25, -0.2) is 0 Å². The van der Waals surface area contributed by atoms with E-state index < -0.39 is 6.29 Å². The van der Waals surface area contributed by atoms with Crippen molar-refractivity contribution in [1.82, 2.24) is 10.2 Å². The fourth-order valence-corrected chi connectivity index (χ4v) is 5.93. The molecule has 10 heteroatoms. The quantitative estimate of drug-likeness (QED) is 0.130. The molecule has 10 nitrogen and oxygen atoms in total. The van der Waals surface area contributed by atoms with Gasteiger partial charge in [0, 0.05) is 51.0 Å². The summed E-state index contributed by atoms with van der Waals surface area (Å²) in [7, 11) is 0. The molecule has 2 aliphatic rings. The lowest BCUT2D eigenvalue weighted by Crippen LogP contribution is -2.44. The van der Waals surface area contributed by atoms with Crippen LogP contribution in [0.25, 0.3) is 0 Å². The molecule has 3 unspecified atom stereocenters. The SMILES string of the molecule is Nc1ccccc1NC(=O)CCCCCCC(=O)NCc1ccc(C2OC(CN3CCOCC3)CC(c3ccc(CO)cc3)O2)cc1. The number of nitrogens with zero attached hydrogens (tertiary/aromatic N) is 1. The molecule has 3 aromatic rings. The Hall–Kier alpha value is -3.80. The highest BCUT2D eigenvalue weighted by Gasteiger charge is 2.33. The molecule has 2 aliphatic heterocycles. The third kappa shape index (κ3) is 10.9. The number of hydrogen-bond acceptors (Lipinski definition) is 8. The summed E-state index contributed by atoms with van der Waals surface area (Å²) in [5, 5.41) is 15.3. The van der Waals surface area contributed by atoms with E-state index in [1.165, 1.54) is 0 Å². The predicted octanol–water partition coefficient (Wildman–Crippen LogP) is 5.23. The average molecular weight is 645 g/mol. The number of rotatable bonds is 15. The van der Waals surface area contributed by atoms with Gasteiger partial charge in [-0.05, 0) is 41.7 Å². The first kappa shape index (κ1) is 34.5. The van der Waals surface area contributed by atoms with Crippen molar-refractivity contribution in [3.8, 4) is 0 Å². The normalized spacial score (nSPS) is 20.1. The summed E-state index contributed by atoms with van der Waals surface area (Å²) in [5.74, 6) is -0.0271. The molecule has 0 bridgehead atoms. The van der Waals surface area contributed by atoms with E-state index in [9.17, 15) is 14.7 Å². The molecule has 2 heterocycles. The van der Waals surface area contributed by atoms with Gasteiger partial charge in [0.1, 0.15) is 0 Å². The largest absolute Gasteiger partial charge is 0.397 e. The van der Waals surface area contributed by atoms with Crippen LogP contribution in [-0.4, -0.2) is 60.8 Å². The number of amides is 2. The molecule has 2 amide bonds. The number of carbonyl (C=O) groups excluding carboxylic acids is 2. The number of nitrogens with two attached hydrogens (primary N) is 1. The molecule has 0 spiro atoms. The summed E-state index contributed by atoms with van der Waals surface area (Å²) in [6.07, 6.45) is 4.33. The highest BCUT2D eigenvalue weighted by molar-refractivity contribution is 5.93. The molecule has 5 N–H and O–H groups in total. The second-order valence-electron chi connectivity index (χ2n) is 12.3. The lowest BCUT2D eigenvalue weighted by molar-refractivity contribution is -0.253. The Labute approximate surface area is 277 Å². The van der Waals surface area contributed by atoms with Crippen LogP contribution in [0.2, 0.25) is 0 Å². The maximum Gasteiger partial charge on any atom is 0.224 e. The first-order valence-electron chi connectivity index (χ1n) is 16.8. The number of aliphatic hydroxyl groups is 1. The Morgan fingerprint density at radius 2 is 1.47 bits per heavy atom. The zero-order valence-corrected chi connectivity index (χ0v) is 27.1. The van der Waals surface area contributed by atoms with Crippen molar-refractivity contribution in [2.24, 2.45) is 0 Å². The summed E-state index contributed by atoms with van der Waals surface area (Å²) in [6, 6.07) is 23.2. The molecular weight excluding hydrogens is 596 g/mol. The summed E-state index contributed by atoms with van der Waals surface area (Å²) < 4.78 is 18.5. The zero-order chi connectivity index (χ0) is 32.8. The van der Waals surface area contributed by atoms with Gasteiger partial charge in [-0.3, -0.25) is 14.5 Å². The highest BCUT2D eigenvalue weighted by atomic mass is 16.7. The molecule has 252 valence electrons. The minimum Gasteiger partial charge on any atom is -0.397 e. The van der Waals surface area contributed by atoms with E-state index in [0.29, 0.717) is 30.8 Å². The van der Waals surface area contributed by atoms with Crippen LogP contribution in [0.4, 0.5) is 11.4 Å². The number of carbonyl (C=O) groups is 2. The number of anilines is 2. The van der Waals surface area contributed by atoms with E-state index >= 15 is 0 Å². The van der Waals surface area contributed by atoms with Crippen molar-refractivity contribution in [3.05, 3.63) is 95.1 Å². The standard InChI is InChI=1S/C37H48N4O6/c38-32-7-5-6-8-33(32)40-36(44)10-4-2-1-3-9-35(43)39-24-27-11-17-30(18-12-27)37-46-31(25-41-19-21-45-22-20-41)23-34(47-37)29-15-13-28(26-42)14-16-29/h5-8,11-18,31,34,37,42H,1-4,9-10,19-26,38H2,(H,39,43)(H,40,44). The minimum absolute atomic E-state index is 0.000790. The van der Waals surface area contributed by atoms with Crippen LogP contribution in [-0.2, 0) is 37.0 Å². The Morgan fingerprint density at radius 1 is 0.809 bits per heavy atom. The highest BCUT2D eigenvalue weighted by Crippen LogP contribution is 2.38. The Balaban J connectivity index is 1.04. The zero-order valence-electron chi connectivity index (χ0n) is 27.1. The molecule has 5 rings (SSSR count). The van der Waals surface area contributed by atoms with Gasteiger partial charge in [-0.2, -0.15) is 0 Å². The first-order chi connectivity index (χ1) is 23.0. The fraction of sp³-hybridized carbons (Fsp3) is 0.459. The lowest BCUT2D eigenvalue weighted by Gasteiger charge is -2.39. The second kappa shape index (κ2) is 17.9. The summed E-state index contributed by atoms with van der Waals surface area (Å²) in [6.45, 7) is 4.55. The van der Waals surface area contributed by atoms with Crippen molar-refractivity contribution in [2.45, 2.75) is 76.6 Å². The number of unbranched alkanes of at least 4 members (excludes halogenated alkanes) is 3. The van der Waals surface area contributed by atoms with Gasteiger partial charge in [0.25, 0.3) is 0 Å². The maximum absolute atomic E-state index is 12.5. The molecule has 0 aromatic heterocycles. The van der Waals surface area contributed by atoms with Crippen molar-refractivity contribution in [1.29, 1.82) is 0 Å². The van der Waals surface area contributed by atoms with Gasteiger partial charge in [-0.1, -0.05) is 73.5 Å². The monoisotopic (exact) mass is 644 g/mol. The van der Waals surface area contributed by atoms with Gasteiger partial charge >= 0.3 is 0 Å². The van der Waals surface area contributed by atoms with Gasteiger partial charge in [0.15, 0.2) is 6.29 Å². The molecule has 47 heavy (non-hydrogen) atoms. The van der Waals surface area contributed by atoms with Crippen LogP contribution in [0.5, 0.6) is 0 Å². The minimum atomic E-state index is -0.511. The second-order valence-corrected chi connectivity index (χ2v) is 12.3. The number of aliphatic hydroxyl groups excluding tert-OH is 1. The molecule has 3 atom stereocenters. The predicted molar refractivity (Wildman–Crippen MR) is 181 cm³/mol. The molecule has 3 aromatic carbocycles. The van der Waals surface area contributed by atoms with Crippen LogP contribution >= 0.6 is 0 Å². The molecule has 0 saturated carbocycles. The van der Waals surface area contributed by atoms with E-state index in [0.717, 1.165) is 87.2 Å². The molecule has 2 fully saturated rings. The smallest absolute Gasteiger partial charge is 0.224 e. The lowest BCUT2D eigenvalue weighted by atomic mass is 9.99. The topological polar surface area (TPSA) is 135 Å². The molecular formula is C37H48N4O6. The number of benzene rings is 3. The summed E-state index contributed by atoms with van der Waals surface area (Å²) in [4.78, 5) is 27.0. The van der Waals surface area contributed by atoms with Crippen LogP contribution in [0.1, 0.15) is 79.6 Å². The number of hydrogen-bond donors (Lipinski definition) is 4. The Bertz CT molecular complexity index is 1410. The number of para-hydroxylation sites is 2. The Morgan fingerprint density at radius 3 is 2.17 bits per heavy atom. The first-order valence-corrected chi connectivity index (χ1v) is 16.8.